The number of aryl methyl sites for hydroxylation is 1. The minimum atomic E-state index is -0.0799. The van der Waals surface area contributed by atoms with Gasteiger partial charge in [0.15, 0.2) is 5.82 Å². The van der Waals surface area contributed by atoms with Crippen molar-refractivity contribution in [1.29, 1.82) is 0 Å². The lowest BCUT2D eigenvalue weighted by Crippen LogP contribution is -2.28. The molecule has 0 aliphatic rings. The number of nitrogens with two attached hydrogens (primary N) is 1. The Labute approximate surface area is 118 Å². The monoisotopic (exact) mass is 272 g/mol. The van der Waals surface area contributed by atoms with Crippen LogP contribution in [-0.4, -0.2) is 16.6 Å². The molecule has 5 heteroatoms. The van der Waals surface area contributed by atoms with Gasteiger partial charge in [0, 0.05) is 38.2 Å². The Bertz CT molecular complexity index is 636. The standard InChI is InChI=1S/C15H20N4O/c1-3-9-19-10-8-17-14(15(19)20)18(2)13-7-5-4-6-12(13)11-16/h4-8,10H,3,9,11,16H2,1-2H3. The summed E-state index contributed by atoms with van der Waals surface area (Å²) >= 11 is 0. The lowest BCUT2D eigenvalue weighted by Gasteiger charge is -2.21. The van der Waals surface area contributed by atoms with E-state index >= 15 is 0 Å². The van der Waals surface area contributed by atoms with Crippen LogP contribution in [-0.2, 0) is 13.1 Å². The van der Waals surface area contributed by atoms with Crippen molar-refractivity contribution < 1.29 is 0 Å². The van der Waals surface area contributed by atoms with E-state index in [2.05, 4.69) is 4.98 Å². The second-order valence-corrected chi connectivity index (χ2v) is 4.64. The van der Waals surface area contributed by atoms with Gasteiger partial charge < -0.3 is 15.2 Å². The predicted octanol–water partition coefficient (Wildman–Crippen LogP) is 1.88. The van der Waals surface area contributed by atoms with E-state index in [1.54, 1.807) is 21.9 Å². The maximum atomic E-state index is 12.4. The van der Waals surface area contributed by atoms with Crippen molar-refractivity contribution in [2.24, 2.45) is 5.73 Å². The van der Waals surface area contributed by atoms with E-state index in [9.17, 15) is 4.79 Å². The first-order valence-corrected chi connectivity index (χ1v) is 6.76. The fourth-order valence-electron chi connectivity index (χ4n) is 2.21. The first-order chi connectivity index (χ1) is 9.69. The third-order valence-corrected chi connectivity index (χ3v) is 3.25. The number of aromatic nitrogens is 2. The third-order valence-electron chi connectivity index (χ3n) is 3.25. The van der Waals surface area contributed by atoms with Gasteiger partial charge in [-0.3, -0.25) is 4.79 Å². The summed E-state index contributed by atoms with van der Waals surface area (Å²) < 4.78 is 1.68. The SMILES string of the molecule is CCCn1ccnc(N(C)c2ccccc2CN)c1=O. The molecule has 0 fully saturated rings. The Morgan fingerprint density at radius 2 is 2.10 bits per heavy atom. The number of nitrogens with zero attached hydrogens (tertiary/aromatic N) is 3. The summed E-state index contributed by atoms with van der Waals surface area (Å²) in [6.07, 6.45) is 4.29. The number of para-hydroxylation sites is 1. The smallest absolute Gasteiger partial charge is 0.293 e. The fraction of sp³-hybridized carbons (Fsp3) is 0.333. The predicted molar refractivity (Wildman–Crippen MR) is 81.2 cm³/mol. The molecule has 0 unspecified atom stereocenters. The van der Waals surface area contributed by atoms with Crippen molar-refractivity contribution in [2.45, 2.75) is 26.4 Å². The Hall–Kier alpha value is -2.14. The number of hydrogen-bond donors (Lipinski definition) is 1. The van der Waals surface area contributed by atoms with Crippen molar-refractivity contribution in [3.05, 3.63) is 52.6 Å². The van der Waals surface area contributed by atoms with Crippen molar-refractivity contribution in [2.75, 3.05) is 11.9 Å². The molecule has 0 spiro atoms. The van der Waals surface area contributed by atoms with E-state index in [1.165, 1.54) is 0 Å². The summed E-state index contributed by atoms with van der Waals surface area (Å²) in [5.74, 6) is 0.418. The van der Waals surface area contributed by atoms with Gasteiger partial charge >= 0.3 is 0 Å². The number of benzene rings is 1. The molecule has 0 aliphatic carbocycles. The molecule has 0 aliphatic heterocycles. The van der Waals surface area contributed by atoms with E-state index < -0.39 is 0 Å². The molecule has 0 saturated heterocycles. The topological polar surface area (TPSA) is 64.2 Å². The van der Waals surface area contributed by atoms with Crippen LogP contribution in [0.1, 0.15) is 18.9 Å². The molecule has 1 heterocycles. The Balaban J connectivity index is 2.46. The van der Waals surface area contributed by atoms with Crippen molar-refractivity contribution in [3.63, 3.8) is 0 Å². The zero-order valence-electron chi connectivity index (χ0n) is 11.9. The average molecular weight is 272 g/mol. The van der Waals surface area contributed by atoms with Crippen LogP contribution in [0.15, 0.2) is 41.5 Å². The first kappa shape index (κ1) is 14.3. The minimum Gasteiger partial charge on any atom is -0.326 e. The summed E-state index contributed by atoms with van der Waals surface area (Å²) in [5, 5.41) is 0. The Morgan fingerprint density at radius 1 is 1.35 bits per heavy atom. The molecule has 5 nitrogen and oxygen atoms in total. The van der Waals surface area contributed by atoms with Gasteiger partial charge in [-0.05, 0) is 18.1 Å². The van der Waals surface area contributed by atoms with Crippen molar-refractivity contribution in [3.8, 4) is 0 Å². The largest absolute Gasteiger partial charge is 0.326 e. The maximum Gasteiger partial charge on any atom is 0.293 e. The van der Waals surface area contributed by atoms with Crippen LogP contribution >= 0.6 is 0 Å². The highest BCUT2D eigenvalue weighted by Crippen LogP contribution is 2.23. The zero-order valence-corrected chi connectivity index (χ0v) is 11.9. The molecule has 1 aromatic heterocycles. The number of anilines is 2. The summed E-state index contributed by atoms with van der Waals surface area (Å²) in [5.41, 5.74) is 7.57. The van der Waals surface area contributed by atoms with Crippen LogP contribution in [0.2, 0.25) is 0 Å². The molecule has 0 bridgehead atoms. The molecule has 2 rings (SSSR count). The normalized spacial score (nSPS) is 10.6. The van der Waals surface area contributed by atoms with Crippen LogP contribution in [0.5, 0.6) is 0 Å². The van der Waals surface area contributed by atoms with Crippen LogP contribution in [0, 0.1) is 0 Å². The van der Waals surface area contributed by atoms with Gasteiger partial charge in [-0.15, -0.1) is 0 Å². The third kappa shape index (κ3) is 2.72. The quantitative estimate of drug-likeness (QED) is 0.902. The van der Waals surface area contributed by atoms with Gasteiger partial charge in [-0.1, -0.05) is 25.1 Å². The summed E-state index contributed by atoms with van der Waals surface area (Å²) in [4.78, 5) is 18.4. The fourth-order valence-corrected chi connectivity index (χ4v) is 2.21. The van der Waals surface area contributed by atoms with Crippen molar-refractivity contribution >= 4 is 11.5 Å². The summed E-state index contributed by atoms with van der Waals surface area (Å²) in [6, 6.07) is 7.77. The zero-order chi connectivity index (χ0) is 14.5. The van der Waals surface area contributed by atoms with Crippen LogP contribution in [0.25, 0.3) is 0 Å². The van der Waals surface area contributed by atoms with Gasteiger partial charge in [0.25, 0.3) is 5.56 Å². The van der Waals surface area contributed by atoms with Gasteiger partial charge in [-0.25, -0.2) is 4.98 Å². The maximum absolute atomic E-state index is 12.4. The second kappa shape index (κ2) is 6.34. The molecule has 2 N–H and O–H groups in total. The van der Waals surface area contributed by atoms with Crippen LogP contribution in [0.3, 0.4) is 0 Å². The molecule has 0 amide bonds. The van der Waals surface area contributed by atoms with Crippen molar-refractivity contribution in [1.82, 2.24) is 9.55 Å². The number of rotatable bonds is 5. The molecule has 1 aromatic carbocycles. The molecule has 0 saturated carbocycles. The summed E-state index contributed by atoms with van der Waals surface area (Å²) in [7, 11) is 1.84. The molecule has 2 aromatic rings. The molecule has 0 radical (unpaired) electrons. The van der Waals surface area contributed by atoms with Gasteiger partial charge in [0.1, 0.15) is 0 Å². The summed E-state index contributed by atoms with van der Waals surface area (Å²) in [6.45, 7) is 3.16. The Morgan fingerprint density at radius 3 is 2.80 bits per heavy atom. The van der Waals surface area contributed by atoms with Gasteiger partial charge in [0.2, 0.25) is 0 Å². The lowest BCUT2D eigenvalue weighted by molar-refractivity contribution is 0.648. The molecule has 106 valence electrons. The van der Waals surface area contributed by atoms with E-state index in [0.717, 1.165) is 17.7 Å². The van der Waals surface area contributed by atoms with Crippen LogP contribution < -0.4 is 16.2 Å². The van der Waals surface area contributed by atoms with Crippen LogP contribution in [0.4, 0.5) is 11.5 Å². The van der Waals surface area contributed by atoms with E-state index in [-0.39, 0.29) is 5.56 Å². The molecule has 20 heavy (non-hydrogen) atoms. The van der Waals surface area contributed by atoms with E-state index in [4.69, 9.17) is 5.73 Å². The highest BCUT2D eigenvalue weighted by molar-refractivity contribution is 5.62. The molecular weight excluding hydrogens is 252 g/mol. The van der Waals surface area contributed by atoms with E-state index in [1.807, 2.05) is 38.2 Å². The highest BCUT2D eigenvalue weighted by Gasteiger charge is 2.13. The second-order valence-electron chi connectivity index (χ2n) is 4.64. The minimum absolute atomic E-state index is 0.0799. The molecule has 0 atom stereocenters. The Kier molecular flexibility index (Phi) is 4.53. The average Bonchev–Trinajstić information content (AvgIpc) is 2.49. The molecular formula is C15H20N4O. The number of hydrogen-bond acceptors (Lipinski definition) is 4. The van der Waals surface area contributed by atoms with Gasteiger partial charge in [-0.2, -0.15) is 0 Å². The van der Waals surface area contributed by atoms with Gasteiger partial charge in [0.05, 0.1) is 0 Å². The first-order valence-electron chi connectivity index (χ1n) is 6.76. The van der Waals surface area contributed by atoms with E-state index in [0.29, 0.717) is 18.9 Å². The highest BCUT2D eigenvalue weighted by atomic mass is 16.1. The lowest BCUT2D eigenvalue weighted by atomic mass is 10.1.